The molecule has 188 valence electrons. The van der Waals surface area contributed by atoms with E-state index >= 15 is 0 Å². The molecule has 0 saturated heterocycles. The fraction of sp³-hybridized carbons (Fsp3) is 0.222. The smallest absolute Gasteiger partial charge is 0.343 e. The van der Waals surface area contributed by atoms with Crippen molar-refractivity contribution in [2.45, 2.75) is 26.9 Å². The van der Waals surface area contributed by atoms with Crippen molar-refractivity contribution in [2.24, 2.45) is 5.10 Å². The molecule has 0 spiro atoms. The number of benzene rings is 3. The summed E-state index contributed by atoms with van der Waals surface area (Å²) in [6.07, 6.45) is 0.680. The molecular weight excluding hydrogens is 484 g/mol. The maximum atomic E-state index is 12.6. The Morgan fingerprint density at radius 1 is 0.917 bits per heavy atom. The molecule has 0 saturated carbocycles. The second-order valence-electron chi connectivity index (χ2n) is 7.43. The Kier molecular flexibility index (Phi) is 9.71. The van der Waals surface area contributed by atoms with E-state index < -0.39 is 18.0 Å². The average Bonchev–Trinajstić information content (AvgIpc) is 2.87. The lowest BCUT2D eigenvalue weighted by molar-refractivity contribution is -0.127. The normalized spacial score (nSPS) is 11.6. The minimum atomic E-state index is -0.772. The minimum Gasteiger partial charge on any atom is -0.494 e. The van der Waals surface area contributed by atoms with Crippen LogP contribution in [0.2, 0.25) is 5.02 Å². The highest BCUT2D eigenvalue weighted by Crippen LogP contribution is 2.29. The van der Waals surface area contributed by atoms with E-state index in [4.69, 9.17) is 30.5 Å². The van der Waals surface area contributed by atoms with Gasteiger partial charge >= 0.3 is 5.97 Å². The number of rotatable bonds is 11. The fourth-order valence-electron chi connectivity index (χ4n) is 3.00. The fourth-order valence-corrected chi connectivity index (χ4v) is 3.13. The zero-order valence-electron chi connectivity index (χ0n) is 20.2. The summed E-state index contributed by atoms with van der Waals surface area (Å²) in [4.78, 5) is 24.8. The number of amides is 1. The summed E-state index contributed by atoms with van der Waals surface area (Å²) in [6, 6.07) is 18.3. The lowest BCUT2D eigenvalue weighted by Gasteiger charge is -2.13. The van der Waals surface area contributed by atoms with Crippen molar-refractivity contribution in [2.75, 3.05) is 13.2 Å². The van der Waals surface area contributed by atoms with Crippen molar-refractivity contribution < 1.29 is 28.5 Å². The molecule has 0 aliphatic heterocycles. The summed E-state index contributed by atoms with van der Waals surface area (Å²) < 4.78 is 22.1. The zero-order valence-corrected chi connectivity index (χ0v) is 21.0. The first-order valence-electron chi connectivity index (χ1n) is 11.4. The summed E-state index contributed by atoms with van der Waals surface area (Å²) in [5.74, 6) is 0.872. The molecule has 9 heteroatoms. The predicted molar refractivity (Wildman–Crippen MR) is 137 cm³/mol. The first-order valence-corrected chi connectivity index (χ1v) is 11.7. The Hall–Kier alpha value is -4.04. The molecule has 0 aromatic heterocycles. The monoisotopic (exact) mass is 510 g/mol. The van der Waals surface area contributed by atoms with Gasteiger partial charge in [-0.1, -0.05) is 11.6 Å². The van der Waals surface area contributed by atoms with Crippen LogP contribution in [0.5, 0.6) is 23.0 Å². The van der Waals surface area contributed by atoms with Gasteiger partial charge in [0.15, 0.2) is 17.6 Å². The van der Waals surface area contributed by atoms with Crippen LogP contribution >= 0.6 is 11.6 Å². The van der Waals surface area contributed by atoms with Gasteiger partial charge in [0.25, 0.3) is 5.91 Å². The summed E-state index contributed by atoms with van der Waals surface area (Å²) in [6.45, 7) is 6.22. The van der Waals surface area contributed by atoms with Gasteiger partial charge in [0.2, 0.25) is 0 Å². The molecule has 36 heavy (non-hydrogen) atoms. The Morgan fingerprint density at radius 2 is 1.58 bits per heavy atom. The number of hydrogen-bond donors (Lipinski definition) is 1. The van der Waals surface area contributed by atoms with Crippen LogP contribution in [0.3, 0.4) is 0 Å². The van der Waals surface area contributed by atoms with Gasteiger partial charge in [-0.25, -0.2) is 10.2 Å². The van der Waals surface area contributed by atoms with Gasteiger partial charge < -0.3 is 18.9 Å². The van der Waals surface area contributed by atoms with Crippen LogP contribution in [-0.4, -0.2) is 37.4 Å². The maximum Gasteiger partial charge on any atom is 0.343 e. The first-order chi connectivity index (χ1) is 17.4. The van der Waals surface area contributed by atoms with Crippen molar-refractivity contribution in [1.29, 1.82) is 0 Å². The highest BCUT2D eigenvalue weighted by atomic mass is 35.5. The van der Waals surface area contributed by atoms with Crippen molar-refractivity contribution in [3.63, 3.8) is 0 Å². The van der Waals surface area contributed by atoms with Crippen LogP contribution in [0.15, 0.2) is 71.8 Å². The standard InChI is InChI=1S/C27H27ClN2O6/c1-4-33-22-11-7-20(8-12-22)27(32)36-24-15-6-19(16-25(24)34-5-2)17-29-30-26(31)18(3)35-23-13-9-21(28)10-14-23/h6-18H,4-5H2,1-3H3,(H,30,31). The Morgan fingerprint density at radius 3 is 2.25 bits per heavy atom. The lowest BCUT2D eigenvalue weighted by Crippen LogP contribution is -2.33. The molecule has 0 bridgehead atoms. The highest BCUT2D eigenvalue weighted by molar-refractivity contribution is 6.30. The van der Waals surface area contributed by atoms with E-state index in [9.17, 15) is 9.59 Å². The highest BCUT2D eigenvalue weighted by Gasteiger charge is 2.15. The van der Waals surface area contributed by atoms with E-state index in [1.165, 1.54) is 6.21 Å². The second kappa shape index (κ2) is 13.2. The molecule has 8 nitrogen and oxygen atoms in total. The number of esters is 1. The van der Waals surface area contributed by atoms with Gasteiger partial charge in [0.05, 0.1) is 25.0 Å². The molecule has 1 atom stereocenters. The molecule has 3 aromatic carbocycles. The Balaban J connectivity index is 1.61. The van der Waals surface area contributed by atoms with Crippen LogP contribution in [0.25, 0.3) is 0 Å². The number of carbonyl (C=O) groups excluding carboxylic acids is 2. The summed E-state index contributed by atoms with van der Waals surface area (Å²) in [5.41, 5.74) is 3.45. The SMILES string of the molecule is CCOc1ccc(C(=O)Oc2ccc(C=NNC(=O)C(C)Oc3ccc(Cl)cc3)cc2OCC)cc1. The summed E-state index contributed by atoms with van der Waals surface area (Å²) in [5, 5.41) is 4.56. The van der Waals surface area contributed by atoms with Crippen LogP contribution in [-0.2, 0) is 4.79 Å². The van der Waals surface area contributed by atoms with Crippen LogP contribution < -0.4 is 24.4 Å². The Bertz CT molecular complexity index is 1200. The lowest BCUT2D eigenvalue weighted by atomic mass is 10.2. The molecule has 3 rings (SSSR count). The third-order valence-corrected chi connectivity index (χ3v) is 5.01. The second-order valence-corrected chi connectivity index (χ2v) is 7.87. The van der Waals surface area contributed by atoms with E-state index in [1.807, 2.05) is 13.8 Å². The summed E-state index contributed by atoms with van der Waals surface area (Å²) in [7, 11) is 0. The third-order valence-electron chi connectivity index (χ3n) is 4.76. The van der Waals surface area contributed by atoms with Gasteiger partial charge in [-0.05, 0) is 93.1 Å². The van der Waals surface area contributed by atoms with E-state index in [-0.39, 0.29) is 5.75 Å². The van der Waals surface area contributed by atoms with Gasteiger partial charge in [-0.2, -0.15) is 5.10 Å². The van der Waals surface area contributed by atoms with Gasteiger partial charge in [-0.3, -0.25) is 4.79 Å². The first kappa shape index (κ1) is 26.6. The molecule has 1 N–H and O–H groups in total. The number of nitrogens with zero attached hydrogens (tertiary/aromatic N) is 1. The molecule has 0 radical (unpaired) electrons. The van der Waals surface area contributed by atoms with Crippen LogP contribution in [0.4, 0.5) is 0 Å². The molecule has 1 amide bonds. The number of ether oxygens (including phenoxy) is 4. The van der Waals surface area contributed by atoms with E-state index in [1.54, 1.807) is 73.7 Å². The molecule has 3 aromatic rings. The number of hydrogen-bond acceptors (Lipinski definition) is 7. The van der Waals surface area contributed by atoms with E-state index in [2.05, 4.69) is 10.5 Å². The van der Waals surface area contributed by atoms with Gasteiger partial charge in [0, 0.05) is 5.02 Å². The Labute approximate surface area is 214 Å². The quantitative estimate of drug-likeness (QED) is 0.163. The molecule has 0 aliphatic rings. The molecular formula is C27H27ClN2O6. The van der Waals surface area contributed by atoms with Crippen LogP contribution in [0, 0.1) is 0 Å². The zero-order chi connectivity index (χ0) is 25.9. The van der Waals surface area contributed by atoms with Crippen molar-refractivity contribution in [3.05, 3.63) is 82.9 Å². The van der Waals surface area contributed by atoms with Gasteiger partial charge in [0.1, 0.15) is 11.5 Å². The minimum absolute atomic E-state index is 0.266. The van der Waals surface area contributed by atoms with Crippen molar-refractivity contribution >= 4 is 29.7 Å². The maximum absolute atomic E-state index is 12.6. The largest absolute Gasteiger partial charge is 0.494 e. The molecule has 1 unspecified atom stereocenters. The number of carbonyl (C=O) groups is 2. The molecule has 0 heterocycles. The molecule has 0 aliphatic carbocycles. The number of nitrogens with one attached hydrogen (secondary N) is 1. The van der Waals surface area contributed by atoms with Crippen molar-refractivity contribution in [3.8, 4) is 23.0 Å². The van der Waals surface area contributed by atoms with E-state index in [0.29, 0.717) is 46.6 Å². The summed E-state index contributed by atoms with van der Waals surface area (Å²) >= 11 is 5.85. The van der Waals surface area contributed by atoms with E-state index in [0.717, 1.165) is 0 Å². The topological polar surface area (TPSA) is 95.5 Å². The van der Waals surface area contributed by atoms with Crippen molar-refractivity contribution in [1.82, 2.24) is 5.43 Å². The third kappa shape index (κ3) is 7.74. The van der Waals surface area contributed by atoms with Crippen LogP contribution in [0.1, 0.15) is 36.7 Å². The molecule has 0 fully saturated rings. The predicted octanol–water partition coefficient (Wildman–Crippen LogP) is 5.27. The average molecular weight is 511 g/mol. The number of hydrazone groups is 1. The number of halogens is 1. The van der Waals surface area contributed by atoms with Gasteiger partial charge in [-0.15, -0.1) is 0 Å².